The Balaban J connectivity index is 1.75. The third kappa shape index (κ3) is 4.26. The molecule has 2 aromatic rings. The maximum atomic E-state index is 9.84. The second-order valence-corrected chi connectivity index (χ2v) is 4.41. The lowest BCUT2D eigenvalue weighted by Crippen LogP contribution is -2.20. The van der Waals surface area contributed by atoms with Gasteiger partial charge in [-0.3, -0.25) is 0 Å². The van der Waals surface area contributed by atoms with Gasteiger partial charge in [0.1, 0.15) is 24.2 Å². The Morgan fingerprint density at radius 1 is 1.30 bits per heavy atom. The number of aliphatic hydroxyl groups excluding tert-OH is 1. The van der Waals surface area contributed by atoms with Crippen LogP contribution in [0, 0.1) is 0 Å². The van der Waals surface area contributed by atoms with E-state index in [2.05, 4.69) is 11.9 Å². The van der Waals surface area contributed by atoms with Crippen molar-refractivity contribution in [2.24, 2.45) is 0 Å². The Morgan fingerprint density at radius 3 is 2.75 bits per heavy atom. The van der Waals surface area contributed by atoms with Gasteiger partial charge in [-0.1, -0.05) is 24.8 Å². The smallest absolute Gasteiger partial charge is 0.133 e. The Labute approximate surface area is 118 Å². The largest absolute Gasteiger partial charge is 0.490 e. The molecule has 1 atom stereocenters. The minimum Gasteiger partial charge on any atom is -0.490 e. The molecule has 106 valence electrons. The molecule has 0 saturated carbocycles. The first-order chi connectivity index (χ1) is 9.79. The van der Waals surface area contributed by atoms with Crippen molar-refractivity contribution in [3.05, 3.63) is 66.6 Å². The molecule has 0 aliphatic rings. The van der Waals surface area contributed by atoms with Gasteiger partial charge in [0.05, 0.1) is 6.26 Å². The van der Waals surface area contributed by atoms with Gasteiger partial charge in [-0.05, 0) is 29.8 Å². The molecule has 2 N–H and O–H groups in total. The normalized spacial score (nSPS) is 12.1. The fraction of sp³-hybridized carbons (Fsp3) is 0.250. The number of hydrogen-bond acceptors (Lipinski definition) is 4. The van der Waals surface area contributed by atoms with Crippen LogP contribution in [-0.4, -0.2) is 18.3 Å². The molecular formula is C16H19NO3. The number of nitrogens with one attached hydrogen (secondary N) is 1. The number of hydrogen-bond donors (Lipinski definition) is 2. The zero-order valence-electron chi connectivity index (χ0n) is 11.3. The monoisotopic (exact) mass is 273 g/mol. The first-order valence-electron chi connectivity index (χ1n) is 6.54. The average molecular weight is 273 g/mol. The Morgan fingerprint density at radius 2 is 2.10 bits per heavy atom. The highest BCUT2D eigenvalue weighted by Gasteiger charge is 2.09. The van der Waals surface area contributed by atoms with Crippen molar-refractivity contribution < 1.29 is 14.3 Å². The van der Waals surface area contributed by atoms with Gasteiger partial charge in [0.2, 0.25) is 0 Å². The van der Waals surface area contributed by atoms with E-state index in [1.165, 1.54) is 0 Å². The van der Waals surface area contributed by atoms with Crippen LogP contribution in [0.25, 0.3) is 0 Å². The molecule has 4 heteroatoms. The molecule has 20 heavy (non-hydrogen) atoms. The van der Waals surface area contributed by atoms with E-state index in [-0.39, 0.29) is 0 Å². The Bertz CT molecular complexity index is 505. The maximum absolute atomic E-state index is 9.84. The third-order valence-corrected chi connectivity index (χ3v) is 2.83. The molecule has 0 spiro atoms. The number of aliphatic hydroxyl groups is 1. The molecule has 0 amide bonds. The van der Waals surface area contributed by atoms with Crippen LogP contribution in [0.3, 0.4) is 0 Å². The average Bonchev–Trinajstić information content (AvgIpc) is 3.00. The molecule has 0 radical (unpaired) electrons. The van der Waals surface area contributed by atoms with Crippen LogP contribution in [0.2, 0.25) is 0 Å². The molecule has 1 heterocycles. The van der Waals surface area contributed by atoms with Crippen molar-refractivity contribution in [2.45, 2.75) is 12.6 Å². The number of rotatable bonds is 8. The van der Waals surface area contributed by atoms with E-state index in [1.807, 2.05) is 24.3 Å². The molecule has 4 nitrogen and oxygen atoms in total. The predicted molar refractivity (Wildman–Crippen MR) is 77.5 cm³/mol. The Hall–Kier alpha value is -2.04. The summed E-state index contributed by atoms with van der Waals surface area (Å²) in [5, 5.41) is 13.0. The van der Waals surface area contributed by atoms with Gasteiger partial charge in [-0.25, -0.2) is 0 Å². The molecular weight excluding hydrogens is 254 g/mol. The van der Waals surface area contributed by atoms with Crippen molar-refractivity contribution in [3.63, 3.8) is 0 Å². The highest BCUT2D eigenvalue weighted by Crippen LogP contribution is 2.14. The molecule has 0 aliphatic carbocycles. The van der Waals surface area contributed by atoms with Crippen LogP contribution >= 0.6 is 0 Å². The fourth-order valence-corrected chi connectivity index (χ4v) is 1.79. The van der Waals surface area contributed by atoms with Gasteiger partial charge < -0.3 is 19.6 Å². The van der Waals surface area contributed by atoms with Crippen LogP contribution in [-0.2, 0) is 6.54 Å². The molecule has 1 unspecified atom stereocenters. The van der Waals surface area contributed by atoms with E-state index in [9.17, 15) is 5.11 Å². The molecule has 0 saturated heterocycles. The first-order valence-corrected chi connectivity index (χ1v) is 6.54. The minimum absolute atomic E-state index is 0.447. The highest BCUT2D eigenvalue weighted by atomic mass is 16.5. The van der Waals surface area contributed by atoms with Gasteiger partial charge in [-0.2, -0.15) is 0 Å². The molecule has 0 fully saturated rings. The van der Waals surface area contributed by atoms with Gasteiger partial charge in [0, 0.05) is 13.1 Å². The third-order valence-electron chi connectivity index (χ3n) is 2.83. The van der Waals surface area contributed by atoms with Crippen LogP contribution < -0.4 is 10.1 Å². The lowest BCUT2D eigenvalue weighted by atomic mass is 10.2. The van der Waals surface area contributed by atoms with E-state index in [0.717, 1.165) is 11.3 Å². The van der Waals surface area contributed by atoms with Gasteiger partial charge in [0.25, 0.3) is 0 Å². The van der Waals surface area contributed by atoms with Crippen molar-refractivity contribution in [3.8, 4) is 5.75 Å². The number of ether oxygens (including phenoxy) is 1. The maximum Gasteiger partial charge on any atom is 0.133 e. The van der Waals surface area contributed by atoms with E-state index in [1.54, 1.807) is 24.5 Å². The van der Waals surface area contributed by atoms with Gasteiger partial charge >= 0.3 is 0 Å². The lowest BCUT2D eigenvalue weighted by Gasteiger charge is -2.10. The van der Waals surface area contributed by atoms with Crippen LogP contribution in [0.15, 0.2) is 59.7 Å². The predicted octanol–water partition coefficient (Wildman–Crippen LogP) is 2.67. The molecule has 0 aliphatic heterocycles. The molecule has 1 aromatic heterocycles. The lowest BCUT2D eigenvalue weighted by molar-refractivity contribution is 0.147. The summed E-state index contributed by atoms with van der Waals surface area (Å²) in [4.78, 5) is 0. The molecule has 1 aromatic carbocycles. The quantitative estimate of drug-likeness (QED) is 0.726. The van der Waals surface area contributed by atoms with E-state index >= 15 is 0 Å². The first kappa shape index (κ1) is 14.4. The summed E-state index contributed by atoms with van der Waals surface area (Å²) in [7, 11) is 0. The minimum atomic E-state index is -0.625. The standard InChI is InChI=1S/C16H19NO3/c1-2-9-19-14-7-5-13(6-8-14)11-17-12-15(18)16-4-3-10-20-16/h2-8,10,15,17-18H,1,9,11-12H2. The zero-order valence-corrected chi connectivity index (χ0v) is 11.3. The van der Waals surface area contributed by atoms with Crippen molar-refractivity contribution in [1.29, 1.82) is 0 Å². The van der Waals surface area contributed by atoms with Crippen LogP contribution in [0.4, 0.5) is 0 Å². The summed E-state index contributed by atoms with van der Waals surface area (Å²) in [5.41, 5.74) is 1.13. The fourth-order valence-electron chi connectivity index (χ4n) is 1.79. The summed E-state index contributed by atoms with van der Waals surface area (Å²) < 4.78 is 10.5. The van der Waals surface area contributed by atoms with Gasteiger partial charge in [0.15, 0.2) is 0 Å². The zero-order chi connectivity index (χ0) is 14.2. The van der Waals surface area contributed by atoms with E-state index < -0.39 is 6.10 Å². The summed E-state index contributed by atoms with van der Waals surface area (Å²) in [6.07, 6.45) is 2.65. The topological polar surface area (TPSA) is 54.6 Å². The SMILES string of the molecule is C=CCOc1ccc(CNCC(O)c2ccco2)cc1. The van der Waals surface area contributed by atoms with Crippen LogP contribution in [0.1, 0.15) is 17.4 Å². The summed E-state index contributed by atoms with van der Waals surface area (Å²) in [5.74, 6) is 1.40. The van der Waals surface area contributed by atoms with Crippen molar-refractivity contribution >= 4 is 0 Å². The Kier molecular flexibility index (Phi) is 5.41. The van der Waals surface area contributed by atoms with E-state index in [4.69, 9.17) is 9.15 Å². The van der Waals surface area contributed by atoms with Crippen molar-refractivity contribution in [1.82, 2.24) is 5.32 Å². The second-order valence-electron chi connectivity index (χ2n) is 4.41. The summed E-state index contributed by atoms with van der Waals surface area (Å²) >= 11 is 0. The number of furan rings is 1. The van der Waals surface area contributed by atoms with Gasteiger partial charge in [-0.15, -0.1) is 0 Å². The summed E-state index contributed by atoms with van der Waals surface area (Å²) in [6, 6.07) is 11.3. The molecule has 0 bridgehead atoms. The summed E-state index contributed by atoms with van der Waals surface area (Å²) in [6.45, 7) is 5.24. The highest BCUT2D eigenvalue weighted by molar-refractivity contribution is 5.27. The van der Waals surface area contributed by atoms with Crippen LogP contribution in [0.5, 0.6) is 5.75 Å². The number of benzene rings is 1. The second kappa shape index (κ2) is 7.53. The molecule has 2 rings (SSSR count). The van der Waals surface area contributed by atoms with E-state index in [0.29, 0.717) is 25.5 Å². The van der Waals surface area contributed by atoms with Crippen molar-refractivity contribution in [2.75, 3.05) is 13.2 Å².